The smallest absolute Gasteiger partial charge is 0.149 e. The number of hydrogen-bond donors (Lipinski definition) is 2. The number of nitrogens with two attached hydrogens (primary N) is 1. The summed E-state index contributed by atoms with van der Waals surface area (Å²) in [6.45, 7) is 0.374. The minimum Gasteiger partial charge on any atom is -0.382 e. The van der Waals surface area contributed by atoms with Gasteiger partial charge < -0.3 is 11.1 Å². The van der Waals surface area contributed by atoms with Crippen molar-refractivity contribution in [1.29, 1.82) is 5.26 Å². The van der Waals surface area contributed by atoms with Gasteiger partial charge in [-0.2, -0.15) is 5.26 Å². The number of imidazole rings is 1. The third-order valence-corrected chi connectivity index (χ3v) is 5.10. The first-order valence-corrected chi connectivity index (χ1v) is 9.41. The average molecular weight is 382 g/mol. The SMILES string of the molecule is N#Cc1c(N)ncnc1NCc1nc2cccc(C3CC3)c2n1-c1cccnc1. The number of para-hydroxylation sites is 1. The van der Waals surface area contributed by atoms with E-state index in [0.717, 1.165) is 22.5 Å². The summed E-state index contributed by atoms with van der Waals surface area (Å²) in [4.78, 5) is 17.2. The van der Waals surface area contributed by atoms with E-state index < -0.39 is 0 Å². The van der Waals surface area contributed by atoms with Crippen LogP contribution in [0.2, 0.25) is 0 Å². The second-order valence-corrected chi connectivity index (χ2v) is 7.01. The van der Waals surface area contributed by atoms with Crippen molar-refractivity contribution >= 4 is 22.7 Å². The van der Waals surface area contributed by atoms with Gasteiger partial charge in [0.05, 0.1) is 29.5 Å². The van der Waals surface area contributed by atoms with Gasteiger partial charge in [-0.3, -0.25) is 9.55 Å². The van der Waals surface area contributed by atoms with Crippen molar-refractivity contribution < 1.29 is 0 Å². The Hall–Kier alpha value is -3.99. The molecule has 0 unspecified atom stereocenters. The molecule has 1 aliphatic carbocycles. The van der Waals surface area contributed by atoms with Crippen LogP contribution in [-0.2, 0) is 6.54 Å². The van der Waals surface area contributed by atoms with E-state index in [0.29, 0.717) is 18.3 Å². The third-order valence-electron chi connectivity index (χ3n) is 5.10. The molecule has 0 bridgehead atoms. The molecular weight excluding hydrogens is 364 g/mol. The highest BCUT2D eigenvalue weighted by atomic mass is 15.1. The zero-order chi connectivity index (χ0) is 19.8. The Balaban J connectivity index is 1.62. The van der Waals surface area contributed by atoms with Gasteiger partial charge in [0.15, 0.2) is 0 Å². The monoisotopic (exact) mass is 382 g/mol. The molecule has 29 heavy (non-hydrogen) atoms. The number of nitrogens with zero attached hydrogens (tertiary/aromatic N) is 6. The van der Waals surface area contributed by atoms with E-state index in [2.05, 4.69) is 43.0 Å². The Bertz CT molecular complexity index is 1240. The van der Waals surface area contributed by atoms with Crippen molar-refractivity contribution in [3.8, 4) is 11.8 Å². The van der Waals surface area contributed by atoms with Crippen LogP contribution in [0.4, 0.5) is 11.6 Å². The molecule has 0 radical (unpaired) electrons. The molecule has 3 N–H and O–H groups in total. The molecule has 8 nitrogen and oxygen atoms in total. The van der Waals surface area contributed by atoms with Crippen LogP contribution in [0.25, 0.3) is 16.7 Å². The Morgan fingerprint density at radius 1 is 1.21 bits per heavy atom. The molecule has 8 heteroatoms. The molecule has 4 aromatic rings. The summed E-state index contributed by atoms with van der Waals surface area (Å²) in [7, 11) is 0. The lowest BCUT2D eigenvalue weighted by atomic mass is 10.1. The van der Waals surface area contributed by atoms with Gasteiger partial charge in [-0.15, -0.1) is 0 Å². The number of benzene rings is 1. The van der Waals surface area contributed by atoms with Crippen LogP contribution in [-0.4, -0.2) is 24.5 Å². The molecule has 1 aliphatic rings. The standard InChI is InChI=1S/C21H18N8/c22-9-16-20(23)26-12-27-21(16)25-11-18-28-17-5-1-4-15(13-6-7-13)19(17)29(18)14-3-2-8-24-10-14/h1-5,8,10,12-13H,6-7,11H2,(H3,23,25,26,27). The van der Waals surface area contributed by atoms with Crippen molar-refractivity contribution in [2.75, 3.05) is 11.1 Å². The maximum absolute atomic E-state index is 9.37. The quantitative estimate of drug-likeness (QED) is 0.544. The summed E-state index contributed by atoms with van der Waals surface area (Å²) in [6.07, 6.45) is 7.34. The molecule has 0 aliphatic heterocycles. The minimum atomic E-state index is 0.154. The number of hydrogen-bond acceptors (Lipinski definition) is 7. The topological polar surface area (TPSA) is 118 Å². The highest BCUT2D eigenvalue weighted by Crippen LogP contribution is 2.43. The summed E-state index contributed by atoms with van der Waals surface area (Å²) in [5.74, 6) is 1.94. The van der Waals surface area contributed by atoms with E-state index in [-0.39, 0.29) is 11.4 Å². The molecule has 0 atom stereocenters. The Kier molecular flexibility index (Phi) is 4.06. The van der Waals surface area contributed by atoms with Crippen LogP contribution in [0.1, 0.15) is 35.7 Å². The number of aromatic nitrogens is 5. The molecule has 1 aromatic carbocycles. The maximum Gasteiger partial charge on any atom is 0.149 e. The minimum absolute atomic E-state index is 0.154. The first-order chi connectivity index (χ1) is 14.3. The average Bonchev–Trinajstić information content (AvgIpc) is 3.52. The molecule has 142 valence electrons. The summed E-state index contributed by atoms with van der Waals surface area (Å²) in [5, 5.41) is 12.6. The predicted octanol–water partition coefficient (Wildman–Crippen LogP) is 3.15. The van der Waals surface area contributed by atoms with E-state index in [1.54, 1.807) is 6.20 Å². The predicted molar refractivity (Wildman–Crippen MR) is 109 cm³/mol. The lowest BCUT2D eigenvalue weighted by molar-refractivity contribution is 0.900. The molecule has 0 spiro atoms. The third kappa shape index (κ3) is 3.02. The fourth-order valence-electron chi connectivity index (χ4n) is 3.61. The van der Waals surface area contributed by atoms with Crippen LogP contribution in [0.3, 0.4) is 0 Å². The molecule has 1 saturated carbocycles. The Morgan fingerprint density at radius 2 is 2.10 bits per heavy atom. The number of fused-ring (bicyclic) bond motifs is 1. The summed E-state index contributed by atoms with van der Waals surface area (Å²) >= 11 is 0. The molecule has 0 saturated heterocycles. The van der Waals surface area contributed by atoms with Gasteiger partial charge in [-0.25, -0.2) is 15.0 Å². The number of pyridine rings is 1. The lowest BCUT2D eigenvalue weighted by Gasteiger charge is -2.12. The highest BCUT2D eigenvalue weighted by molar-refractivity contribution is 5.83. The number of nitriles is 1. The first-order valence-electron chi connectivity index (χ1n) is 9.41. The lowest BCUT2D eigenvalue weighted by Crippen LogP contribution is -2.11. The number of nitrogen functional groups attached to an aromatic ring is 1. The molecule has 3 heterocycles. The molecule has 0 amide bonds. The second-order valence-electron chi connectivity index (χ2n) is 7.01. The van der Waals surface area contributed by atoms with Gasteiger partial charge >= 0.3 is 0 Å². The number of nitrogens with one attached hydrogen (secondary N) is 1. The summed E-state index contributed by atoms with van der Waals surface area (Å²) in [5.41, 5.74) is 10.3. The van der Waals surface area contributed by atoms with Crippen molar-refractivity contribution in [2.45, 2.75) is 25.3 Å². The molecule has 1 fully saturated rings. The van der Waals surface area contributed by atoms with Gasteiger partial charge in [0, 0.05) is 6.20 Å². The van der Waals surface area contributed by atoms with E-state index in [9.17, 15) is 5.26 Å². The normalized spacial score (nSPS) is 13.3. The van der Waals surface area contributed by atoms with Gasteiger partial charge in [0.1, 0.15) is 35.4 Å². The van der Waals surface area contributed by atoms with Gasteiger partial charge in [0.25, 0.3) is 0 Å². The van der Waals surface area contributed by atoms with Gasteiger partial charge in [-0.05, 0) is 42.5 Å². The maximum atomic E-state index is 9.37. The summed E-state index contributed by atoms with van der Waals surface area (Å²) < 4.78 is 2.14. The van der Waals surface area contributed by atoms with Gasteiger partial charge in [0.2, 0.25) is 0 Å². The number of rotatable bonds is 5. The zero-order valence-corrected chi connectivity index (χ0v) is 15.6. The Morgan fingerprint density at radius 3 is 2.86 bits per heavy atom. The largest absolute Gasteiger partial charge is 0.382 e. The number of anilines is 2. The van der Waals surface area contributed by atoms with Crippen molar-refractivity contribution in [3.05, 3.63) is 66.0 Å². The molecule has 5 rings (SSSR count). The van der Waals surface area contributed by atoms with Crippen LogP contribution >= 0.6 is 0 Å². The van der Waals surface area contributed by atoms with Gasteiger partial charge in [-0.1, -0.05) is 12.1 Å². The van der Waals surface area contributed by atoms with Crippen molar-refractivity contribution in [2.24, 2.45) is 0 Å². The summed E-state index contributed by atoms with van der Waals surface area (Å²) in [6, 6.07) is 12.3. The molecular formula is C21H18N8. The second kappa shape index (κ2) is 6.87. The zero-order valence-electron chi connectivity index (χ0n) is 15.6. The van der Waals surface area contributed by atoms with E-state index >= 15 is 0 Å². The Labute approximate surface area is 167 Å². The van der Waals surface area contributed by atoms with E-state index in [1.807, 2.05) is 24.4 Å². The molecule has 3 aromatic heterocycles. The fraction of sp³-hybridized carbons (Fsp3) is 0.190. The van der Waals surface area contributed by atoms with Crippen LogP contribution in [0, 0.1) is 11.3 Å². The first kappa shape index (κ1) is 17.1. The van der Waals surface area contributed by atoms with Crippen molar-refractivity contribution in [1.82, 2.24) is 24.5 Å². The fourth-order valence-corrected chi connectivity index (χ4v) is 3.61. The van der Waals surface area contributed by atoms with Crippen molar-refractivity contribution in [3.63, 3.8) is 0 Å². The van der Waals surface area contributed by atoms with Crippen LogP contribution in [0.15, 0.2) is 49.1 Å². The van der Waals surface area contributed by atoms with Crippen LogP contribution < -0.4 is 11.1 Å². The van der Waals surface area contributed by atoms with E-state index in [4.69, 9.17) is 10.7 Å². The van der Waals surface area contributed by atoms with E-state index in [1.165, 1.54) is 24.7 Å². The highest BCUT2D eigenvalue weighted by Gasteiger charge is 2.28. The van der Waals surface area contributed by atoms with Crippen LogP contribution in [0.5, 0.6) is 0 Å².